The Kier molecular flexibility index (Phi) is 12.4. The molecule has 176 valence electrons. The van der Waals surface area contributed by atoms with Crippen LogP contribution in [0.15, 0.2) is 46.6 Å². The van der Waals surface area contributed by atoms with Gasteiger partial charge in [0.2, 0.25) is 0 Å². The molecule has 0 aromatic carbocycles. The highest BCUT2D eigenvalue weighted by atomic mass is 16.1. The minimum Gasteiger partial charge on any atom is -0.299 e. The van der Waals surface area contributed by atoms with Gasteiger partial charge < -0.3 is 0 Å². The van der Waals surface area contributed by atoms with Crippen molar-refractivity contribution in [3.63, 3.8) is 0 Å². The Morgan fingerprint density at radius 1 is 0.806 bits per heavy atom. The molecular formula is C30H50O. The van der Waals surface area contributed by atoms with Crippen LogP contribution in [0.4, 0.5) is 0 Å². The number of carbonyl (C=O) groups is 1. The number of allylic oxidation sites excluding steroid dienone is 8. The Morgan fingerprint density at radius 2 is 1.29 bits per heavy atom. The third-order valence-electron chi connectivity index (χ3n) is 7.75. The summed E-state index contributed by atoms with van der Waals surface area (Å²) in [6.45, 7) is 18.0. The SMILES string of the molecule is CC(C)=CCC/C(C)=C/CC/C(C)=C/CC/C=C(\C)CC[C@@]1(C)C(C)CCC(=O)C1C. The number of unbranched alkanes of at least 4 members (excludes halogenated alkanes) is 1. The first-order valence-corrected chi connectivity index (χ1v) is 12.7. The lowest BCUT2D eigenvalue weighted by atomic mass is 9.59. The highest BCUT2D eigenvalue weighted by Crippen LogP contribution is 2.47. The van der Waals surface area contributed by atoms with Gasteiger partial charge in [-0.3, -0.25) is 4.79 Å². The number of rotatable bonds is 12. The first-order valence-electron chi connectivity index (χ1n) is 12.7. The van der Waals surface area contributed by atoms with Crippen LogP contribution in [0.1, 0.15) is 120 Å². The maximum atomic E-state index is 12.2. The second kappa shape index (κ2) is 13.9. The number of hydrogen-bond acceptors (Lipinski definition) is 1. The van der Waals surface area contributed by atoms with E-state index in [1.54, 1.807) is 0 Å². The van der Waals surface area contributed by atoms with Gasteiger partial charge in [-0.1, -0.05) is 67.4 Å². The van der Waals surface area contributed by atoms with Gasteiger partial charge in [0.25, 0.3) is 0 Å². The molecule has 1 nitrogen and oxygen atoms in total. The summed E-state index contributed by atoms with van der Waals surface area (Å²) < 4.78 is 0. The Balaban J connectivity index is 2.35. The maximum absolute atomic E-state index is 12.2. The lowest BCUT2D eigenvalue weighted by molar-refractivity contribution is -0.132. The zero-order chi connectivity index (χ0) is 23.4. The second-order valence-electron chi connectivity index (χ2n) is 10.7. The van der Waals surface area contributed by atoms with Gasteiger partial charge in [0.15, 0.2) is 0 Å². The number of carbonyl (C=O) groups excluding carboxylic acids is 1. The highest BCUT2D eigenvalue weighted by Gasteiger charge is 2.42. The zero-order valence-corrected chi connectivity index (χ0v) is 21.9. The molecule has 1 saturated carbocycles. The molecule has 0 amide bonds. The summed E-state index contributed by atoms with van der Waals surface area (Å²) in [5.74, 6) is 1.32. The lowest BCUT2D eigenvalue weighted by Gasteiger charge is -2.44. The normalized spacial score (nSPS) is 25.7. The van der Waals surface area contributed by atoms with E-state index < -0.39 is 0 Å². The summed E-state index contributed by atoms with van der Waals surface area (Å²) in [4.78, 5) is 12.2. The van der Waals surface area contributed by atoms with E-state index in [9.17, 15) is 4.79 Å². The molecule has 3 atom stereocenters. The van der Waals surface area contributed by atoms with Crippen LogP contribution in [0.5, 0.6) is 0 Å². The molecular weight excluding hydrogens is 376 g/mol. The summed E-state index contributed by atoms with van der Waals surface area (Å²) in [7, 11) is 0. The molecule has 1 fully saturated rings. The van der Waals surface area contributed by atoms with Crippen LogP contribution in [-0.4, -0.2) is 5.78 Å². The molecule has 0 radical (unpaired) electrons. The van der Waals surface area contributed by atoms with Gasteiger partial charge in [-0.25, -0.2) is 0 Å². The third-order valence-corrected chi connectivity index (χ3v) is 7.75. The quantitative estimate of drug-likeness (QED) is 0.224. The Labute approximate surface area is 194 Å². The van der Waals surface area contributed by atoms with E-state index in [2.05, 4.69) is 79.7 Å². The molecule has 31 heavy (non-hydrogen) atoms. The van der Waals surface area contributed by atoms with Gasteiger partial charge in [-0.2, -0.15) is 0 Å². The fourth-order valence-electron chi connectivity index (χ4n) is 4.73. The van der Waals surface area contributed by atoms with Crippen molar-refractivity contribution >= 4 is 5.78 Å². The van der Waals surface area contributed by atoms with Crippen molar-refractivity contribution in [3.05, 3.63) is 46.6 Å². The Bertz CT molecular complexity index is 683. The highest BCUT2D eigenvalue weighted by molar-refractivity contribution is 5.82. The fourth-order valence-corrected chi connectivity index (χ4v) is 4.73. The number of ketones is 1. The van der Waals surface area contributed by atoms with E-state index in [1.165, 1.54) is 41.6 Å². The van der Waals surface area contributed by atoms with Gasteiger partial charge in [-0.05, 0) is 104 Å². The average Bonchev–Trinajstić information content (AvgIpc) is 2.71. The summed E-state index contributed by atoms with van der Waals surface area (Å²) in [6, 6.07) is 0. The van der Waals surface area contributed by atoms with Crippen LogP contribution in [0, 0.1) is 17.3 Å². The molecule has 1 aliphatic rings. The van der Waals surface area contributed by atoms with Gasteiger partial charge >= 0.3 is 0 Å². The molecule has 0 saturated heterocycles. The summed E-state index contributed by atoms with van der Waals surface area (Å²) in [5.41, 5.74) is 6.09. The van der Waals surface area contributed by atoms with Crippen molar-refractivity contribution in [1.82, 2.24) is 0 Å². The molecule has 1 rings (SSSR count). The first-order chi connectivity index (χ1) is 14.6. The van der Waals surface area contributed by atoms with E-state index in [0.717, 1.165) is 44.9 Å². The largest absolute Gasteiger partial charge is 0.299 e. The zero-order valence-electron chi connectivity index (χ0n) is 21.9. The average molecular weight is 427 g/mol. The van der Waals surface area contributed by atoms with E-state index >= 15 is 0 Å². The van der Waals surface area contributed by atoms with Crippen LogP contribution in [0.2, 0.25) is 0 Å². The summed E-state index contributed by atoms with van der Waals surface area (Å²) in [6.07, 6.45) is 20.6. The van der Waals surface area contributed by atoms with E-state index in [1.807, 2.05) is 0 Å². The molecule has 1 aliphatic carbocycles. The second-order valence-corrected chi connectivity index (χ2v) is 10.7. The molecule has 0 aromatic rings. The molecule has 0 heterocycles. The van der Waals surface area contributed by atoms with Crippen LogP contribution < -0.4 is 0 Å². The van der Waals surface area contributed by atoms with Crippen molar-refractivity contribution in [3.8, 4) is 0 Å². The fraction of sp³-hybridized carbons (Fsp3) is 0.700. The molecule has 0 aliphatic heterocycles. The van der Waals surface area contributed by atoms with Crippen molar-refractivity contribution in [2.75, 3.05) is 0 Å². The predicted molar refractivity (Wildman–Crippen MR) is 138 cm³/mol. The third kappa shape index (κ3) is 10.2. The molecule has 2 unspecified atom stereocenters. The predicted octanol–water partition coefficient (Wildman–Crippen LogP) is 9.55. The first kappa shape index (κ1) is 27.7. The molecule has 1 heteroatoms. The minimum atomic E-state index is 0.165. The van der Waals surface area contributed by atoms with Crippen LogP contribution in [-0.2, 0) is 4.79 Å². The molecule has 0 bridgehead atoms. The van der Waals surface area contributed by atoms with E-state index in [0.29, 0.717) is 11.7 Å². The van der Waals surface area contributed by atoms with Crippen molar-refractivity contribution in [2.24, 2.45) is 17.3 Å². The topological polar surface area (TPSA) is 17.1 Å². The molecule has 0 aromatic heterocycles. The van der Waals surface area contributed by atoms with Crippen molar-refractivity contribution < 1.29 is 4.79 Å². The number of Topliss-reactive ketones (excluding diaryl/α,β-unsaturated/α-hetero) is 1. The summed E-state index contributed by atoms with van der Waals surface area (Å²) >= 11 is 0. The molecule has 0 spiro atoms. The monoisotopic (exact) mass is 426 g/mol. The van der Waals surface area contributed by atoms with Crippen molar-refractivity contribution in [1.29, 1.82) is 0 Å². The smallest absolute Gasteiger partial charge is 0.136 e. The molecule has 0 N–H and O–H groups in total. The van der Waals surface area contributed by atoms with Gasteiger partial charge in [0, 0.05) is 12.3 Å². The van der Waals surface area contributed by atoms with Crippen molar-refractivity contribution in [2.45, 2.75) is 120 Å². The minimum absolute atomic E-state index is 0.165. The lowest BCUT2D eigenvalue weighted by Crippen LogP contribution is -2.41. The van der Waals surface area contributed by atoms with Gasteiger partial charge in [0.1, 0.15) is 5.78 Å². The van der Waals surface area contributed by atoms with E-state index in [-0.39, 0.29) is 11.3 Å². The van der Waals surface area contributed by atoms with Gasteiger partial charge in [0.05, 0.1) is 0 Å². The van der Waals surface area contributed by atoms with Crippen LogP contribution >= 0.6 is 0 Å². The van der Waals surface area contributed by atoms with E-state index in [4.69, 9.17) is 0 Å². The Hall–Kier alpha value is -1.37. The standard InChI is InChI=1S/C30H50O/c1-23(2)13-11-16-25(4)18-12-17-24(3)14-9-10-15-26(5)21-22-30(8)27(6)19-20-29(31)28(30)7/h13-15,18,27-28H,9-12,16-17,19-22H2,1-8H3/b24-14+,25-18+,26-15+/t27?,28?,30-/m0/s1. The van der Waals surface area contributed by atoms with Gasteiger partial charge in [-0.15, -0.1) is 0 Å². The maximum Gasteiger partial charge on any atom is 0.136 e. The summed E-state index contributed by atoms with van der Waals surface area (Å²) in [5, 5.41) is 0. The van der Waals surface area contributed by atoms with Crippen LogP contribution in [0.25, 0.3) is 0 Å². The van der Waals surface area contributed by atoms with Crippen LogP contribution in [0.3, 0.4) is 0 Å². The Morgan fingerprint density at radius 3 is 1.84 bits per heavy atom. The number of hydrogen-bond donors (Lipinski definition) is 0.